The normalized spacial score (nSPS) is 16.9. The first-order valence-corrected chi connectivity index (χ1v) is 12.5. The van der Waals surface area contributed by atoms with E-state index in [1.54, 1.807) is 22.1 Å². The minimum absolute atomic E-state index is 0.0519. The SMILES string of the molecule is CC(C)C.C[C@H]1CN(C(=O)CNC(=O)C(F)(F)F)CC1(C)C.N#CC(NC=O)c1cnc2cncc(Br)n12. The van der Waals surface area contributed by atoms with Crippen molar-refractivity contribution >= 4 is 39.8 Å². The quantitative estimate of drug-likeness (QED) is 0.501. The van der Waals surface area contributed by atoms with Crippen molar-refractivity contribution in [3.05, 3.63) is 28.9 Å². The van der Waals surface area contributed by atoms with Gasteiger partial charge in [-0.25, -0.2) is 4.98 Å². The van der Waals surface area contributed by atoms with Crippen molar-refractivity contribution in [1.29, 1.82) is 5.26 Å². The largest absolute Gasteiger partial charge is 0.471 e. The van der Waals surface area contributed by atoms with Crippen molar-refractivity contribution < 1.29 is 27.6 Å². The zero-order valence-corrected chi connectivity index (χ0v) is 23.7. The number of fused-ring (bicyclic) bond motifs is 1. The molecule has 1 aliphatic rings. The van der Waals surface area contributed by atoms with Gasteiger partial charge in [-0.05, 0) is 33.2 Å². The lowest BCUT2D eigenvalue weighted by Crippen LogP contribution is -2.44. The van der Waals surface area contributed by atoms with Crippen molar-refractivity contribution in [2.24, 2.45) is 17.3 Å². The molecule has 2 N–H and O–H groups in total. The van der Waals surface area contributed by atoms with E-state index in [1.165, 1.54) is 11.1 Å². The summed E-state index contributed by atoms with van der Waals surface area (Å²) in [5, 5.41) is 12.9. The molecule has 10 nitrogen and oxygen atoms in total. The van der Waals surface area contributed by atoms with Gasteiger partial charge in [0.1, 0.15) is 4.60 Å². The molecule has 1 saturated heterocycles. The number of amides is 3. The average Bonchev–Trinajstić information content (AvgIpc) is 3.36. The van der Waals surface area contributed by atoms with Gasteiger partial charge < -0.3 is 15.5 Å². The van der Waals surface area contributed by atoms with Crippen molar-refractivity contribution in [2.75, 3.05) is 19.6 Å². The lowest BCUT2D eigenvalue weighted by molar-refractivity contribution is -0.174. The van der Waals surface area contributed by atoms with E-state index in [2.05, 4.69) is 52.0 Å². The molecule has 3 rings (SSSR count). The molecule has 14 heteroatoms. The molecular formula is C24H33BrF3N7O3. The van der Waals surface area contributed by atoms with Crippen LogP contribution in [0.25, 0.3) is 5.65 Å². The van der Waals surface area contributed by atoms with E-state index in [0.717, 1.165) is 5.92 Å². The average molecular weight is 604 g/mol. The van der Waals surface area contributed by atoms with Crippen molar-refractivity contribution in [1.82, 2.24) is 29.9 Å². The number of nitrogens with zero attached hydrogens (tertiary/aromatic N) is 5. The van der Waals surface area contributed by atoms with Crippen LogP contribution in [0, 0.1) is 28.6 Å². The maximum absolute atomic E-state index is 11.9. The van der Waals surface area contributed by atoms with Crippen LogP contribution >= 0.6 is 15.9 Å². The summed E-state index contributed by atoms with van der Waals surface area (Å²) in [4.78, 5) is 42.1. The third-order valence-electron chi connectivity index (χ3n) is 5.50. The number of nitriles is 1. The summed E-state index contributed by atoms with van der Waals surface area (Å²) in [6.07, 6.45) is 0.240. The van der Waals surface area contributed by atoms with Crippen LogP contribution < -0.4 is 10.6 Å². The highest BCUT2D eigenvalue weighted by atomic mass is 79.9. The van der Waals surface area contributed by atoms with Gasteiger partial charge in [-0.15, -0.1) is 0 Å². The Labute approximate surface area is 228 Å². The van der Waals surface area contributed by atoms with Crippen LogP contribution in [-0.2, 0) is 14.4 Å². The Balaban J connectivity index is 0.000000335. The van der Waals surface area contributed by atoms with Gasteiger partial charge in [0.05, 0.1) is 36.9 Å². The Bertz CT molecular complexity index is 1140. The number of hydrogen-bond donors (Lipinski definition) is 2. The lowest BCUT2D eigenvalue weighted by atomic mass is 9.84. The fraction of sp³-hybridized carbons (Fsp3) is 0.583. The number of rotatable bonds is 5. The maximum atomic E-state index is 11.9. The number of likely N-dealkylation sites (tertiary alicyclic amines) is 1. The zero-order valence-electron chi connectivity index (χ0n) is 22.1. The molecule has 1 aliphatic heterocycles. The Hall–Kier alpha value is -3.21. The number of imidazole rings is 1. The molecule has 0 spiro atoms. The van der Waals surface area contributed by atoms with Crippen LogP contribution in [0.1, 0.15) is 53.3 Å². The standard InChI is InChI=1S/C11H17F3N2O2.C9H6BrN5O.C4H10/c1-7-5-16(6-10(7,2)3)8(17)4-15-9(18)11(12,13)14;10-8-3-12-4-9-13-2-7(15(8)9)6(1-11)14-5-16;1-4(2)3/h7H,4-6H2,1-3H3,(H,15,18);2-6H,(H,14,16);4H,1-3H3/t7-;;/m0../s1. The molecule has 2 aromatic rings. The molecule has 2 aromatic heterocycles. The fourth-order valence-electron chi connectivity index (χ4n) is 3.24. The molecule has 1 fully saturated rings. The lowest BCUT2D eigenvalue weighted by Gasteiger charge is -2.22. The Morgan fingerprint density at radius 2 is 1.89 bits per heavy atom. The first-order chi connectivity index (χ1) is 17.5. The molecule has 0 aromatic carbocycles. The van der Waals surface area contributed by atoms with Gasteiger partial charge in [0.15, 0.2) is 11.7 Å². The minimum Gasteiger partial charge on any atom is -0.340 e. The second-order valence-corrected chi connectivity index (χ2v) is 10.8. The summed E-state index contributed by atoms with van der Waals surface area (Å²) >= 11 is 3.31. The summed E-state index contributed by atoms with van der Waals surface area (Å²) in [5.41, 5.74) is 1.14. The van der Waals surface area contributed by atoms with E-state index in [9.17, 15) is 27.6 Å². The molecule has 3 amide bonds. The molecule has 1 unspecified atom stereocenters. The third-order valence-corrected chi connectivity index (χ3v) is 6.06. The molecule has 0 radical (unpaired) electrons. The molecule has 0 saturated carbocycles. The summed E-state index contributed by atoms with van der Waals surface area (Å²) in [6, 6.07) is 1.25. The van der Waals surface area contributed by atoms with Crippen LogP contribution in [0.3, 0.4) is 0 Å². The molecule has 38 heavy (non-hydrogen) atoms. The second-order valence-electron chi connectivity index (χ2n) is 10.0. The van der Waals surface area contributed by atoms with Crippen molar-refractivity contribution in [3.8, 4) is 6.07 Å². The number of carbonyl (C=O) groups excluding carboxylic acids is 3. The fourth-order valence-corrected chi connectivity index (χ4v) is 3.74. The Morgan fingerprint density at radius 3 is 2.37 bits per heavy atom. The summed E-state index contributed by atoms with van der Waals surface area (Å²) in [6.45, 7) is 12.9. The molecule has 210 valence electrons. The summed E-state index contributed by atoms with van der Waals surface area (Å²) in [5.74, 6) is -1.45. The molecule has 0 aliphatic carbocycles. The first kappa shape index (κ1) is 32.8. The van der Waals surface area contributed by atoms with Gasteiger partial charge in [0, 0.05) is 13.1 Å². The monoisotopic (exact) mass is 603 g/mol. The molecular weight excluding hydrogens is 571 g/mol. The number of alkyl halides is 3. The summed E-state index contributed by atoms with van der Waals surface area (Å²) in [7, 11) is 0. The smallest absolute Gasteiger partial charge is 0.340 e. The molecule has 3 heterocycles. The van der Waals surface area contributed by atoms with Crippen LogP contribution in [-0.4, -0.2) is 63.3 Å². The maximum Gasteiger partial charge on any atom is 0.471 e. The number of carbonyl (C=O) groups is 3. The van der Waals surface area contributed by atoms with Crippen LogP contribution in [0.4, 0.5) is 13.2 Å². The van der Waals surface area contributed by atoms with Gasteiger partial charge in [0.2, 0.25) is 12.3 Å². The van der Waals surface area contributed by atoms with Gasteiger partial charge in [-0.3, -0.25) is 23.8 Å². The van der Waals surface area contributed by atoms with Crippen LogP contribution in [0.5, 0.6) is 0 Å². The third kappa shape index (κ3) is 9.59. The van der Waals surface area contributed by atoms with Gasteiger partial charge in [-0.2, -0.15) is 18.4 Å². The topological polar surface area (TPSA) is 132 Å². The predicted octanol–water partition coefficient (Wildman–Crippen LogP) is 3.63. The van der Waals surface area contributed by atoms with Crippen LogP contribution in [0.2, 0.25) is 0 Å². The Kier molecular flexibility index (Phi) is 12.2. The van der Waals surface area contributed by atoms with Crippen LogP contribution in [0.15, 0.2) is 23.2 Å². The molecule has 0 bridgehead atoms. The van der Waals surface area contributed by atoms with E-state index in [-0.39, 0.29) is 11.3 Å². The van der Waals surface area contributed by atoms with Gasteiger partial charge in [-0.1, -0.05) is 41.5 Å². The van der Waals surface area contributed by atoms with Crippen molar-refractivity contribution in [3.63, 3.8) is 0 Å². The Morgan fingerprint density at radius 1 is 1.29 bits per heavy atom. The highest BCUT2D eigenvalue weighted by Gasteiger charge is 2.41. The van der Waals surface area contributed by atoms with Gasteiger partial charge >= 0.3 is 12.1 Å². The predicted molar refractivity (Wildman–Crippen MR) is 137 cm³/mol. The van der Waals surface area contributed by atoms with E-state index in [0.29, 0.717) is 35.4 Å². The molecule has 2 atom stereocenters. The van der Waals surface area contributed by atoms with E-state index < -0.39 is 30.6 Å². The first-order valence-electron chi connectivity index (χ1n) is 11.7. The van der Waals surface area contributed by atoms with E-state index >= 15 is 0 Å². The second kappa shape index (κ2) is 14.1. The van der Waals surface area contributed by atoms with E-state index in [1.807, 2.05) is 26.8 Å². The highest BCUT2D eigenvalue weighted by Crippen LogP contribution is 2.34. The zero-order chi connectivity index (χ0) is 29.3. The van der Waals surface area contributed by atoms with E-state index in [4.69, 9.17) is 5.26 Å². The minimum atomic E-state index is -4.95. The number of hydrogen-bond acceptors (Lipinski definition) is 6. The number of halogens is 4. The summed E-state index contributed by atoms with van der Waals surface area (Å²) < 4.78 is 38.2. The van der Waals surface area contributed by atoms with Crippen molar-refractivity contribution in [2.45, 2.75) is 53.8 Å². The highest BCUT2D eigenvalue weighted by molar-refractivity contribution is 9.10. The number of nitrogens with one attached hydrogen (secondary N) is 2. The van der Waals surface area contributed by atoms with Gasteiger partial charge in [0.25, 0.3) is 0 Å². The number of aromatic nitrogens is 3.